The normalized spacial score (nSPS) is 16.5. The molecule has 1 aromatic carbocycles. The maximum absolute atomic E-state index is 13.8. The van der Waals surface area contributed by atoms with E-state index in [0.717, 1.165) is 0 Å². The standard InChI is InChI=1S/C17H10ClF3N2O2S/c18-7-1-2-12(25-17(20)21)8(3-7)9-4-11(24)15-16(9)23-6-13(26)10(19)5-14(23)22-15/h1-3,5-6,9,17,26H,4H2/t9-/m1/s1. The van der Waals surface area contributed by atoms with Gasteiger partial charge in [0, 0.05) is 35.2 Å². The van der Waals surface area contributed by atoms with Crippen LogP contribution < -0.4 is 4.74 Å². The Balaban J connectivity index is 1.93. The molecule has 0 N–H and O–H groups in total. The summed E-state index contributed by atoms with van der Waals surface area (Å²) in [5.41, 5.74) is 1.23. The minimum Gasteiger partial charge on any atom is -0.435 e. The van der Waals surface area contributed by atoms with Crippen molar-refractivity contribution >= 4 is 35.7 Å². The van der Waals surface area contributed by atoms with Gasteiger partial charge in [-0.05, 0) is 18.2 Å². The van der Waals surface area contributed by atoms with Crippen molar-refractivity contribution in [2.75, 3.05) is 0 Å². The van der Waals surface area contributed by atoms with Crippen LogP contribution in [-0.2, 0) is 0 Å². The highest BCUT2D eigenvalue weighted by atomic mass is 35.5. The molecule has 0 saturated carbocycles. The third-order valence-electron chi connectivity index (χ3n) is 4.27. The zero-order valence-corrected chi connectivity index (χ0v) is 14.6. The molecule has 1 aliphatic rings. The monoisotopic (exact) mass is 398 g/mol. The minimum absolute atomic E-state index is 0.0276. The van der Waals surface area contributed by atoms with Crippen molar-refractivity contribution < 1.29 is 22.7 Å². The van der Waals surface area contributed by atoms with Crippen LogP contribution >= 0.6 is 24.2 Å². The first kappa shape index (κ1) is 17.2. The Hall–Kier alpha value is -2.19. The molecular formula is C17H10ClF3N2O2S. The van der Waals surface area contributed by atoms with E-state index >= 15 is 0 Å². The van der Waals surface area contributed by atoms with E-state index in [2.05, 4.69) is 22.3 Å². The maximum atomic E-state index is 13.8. The molecule has 26 heavy (non-hydrogen) atoms. The van der Waals surface area contributed by atoms with Gasteiger partial charge in [-0.15, -0.1) is 12.6 Å². The average Bonchev–Trinajstić information content (AvgIpc) is 3.07. The molecule has 134 valence electrons. The number of carbonyl (C=O) groups excluding carboxylic acids is 1. The predicted molar refractivity (Wildman–Crippen MR) is 91.3 cm³/mol. The van der Waals surface area contributed by atoms with Crippen LogP contribution in [0.25, 0.3) is 5.65 Å². The number of imidazole rings is 1. The van der Waals surface area contributed by atoms with E-state index in [4.69, 9.17) is 11.6 Å². The number of aromatic nitrogens is 2. The third kappa shape index (κ3) is 2.73. The van der Waals surface area contributed by atoms with Gasteiger partial charge in [0.1, 0.15) is 22.9 Å². The zero-order chi connectivity index (χ0) is 18.6. The summed E-state index contributed by atoms with van der Waals surface area (Å²) in [5.74, 6) is -1.51. The van der Waals surface area contributed by atoms with E-state index in [-0.39, 0.29) is 34.2 Å². The molecule has 0 amide bonds. The van der Waals surface area contributed by atoms with E-state index in [1.54, 1.807) is 4.40 Å². The van der Waals surface area contributed by atoms with Gasteiger partial charge in [-0.25, -0.2) is 9.37 Å². The van der Waals surface area contributed by atoms with Crippen LogP contribution in [0, 0.1) is 5.82 Å². The highest BCUT2D eigenvalue weighted by molar-refractivity contribution is 7.80. The molecule has 0 bridgehead atoms. The van der Waals surface area contributed by atoms with Gasteiger partial charge < -0.3 is 9.14 Å². The summed E-state index contributed by atoms with van der Waals surface area (Å²) in [5, 5.41) is 0.317. The maximum Gasteiger partial charge on any atom is 0.387 e. The van der Waals surface area contributed by atoms with E-state index < -0.39 is 18.3 Å². The number of thiol groups is 1. The first-order chi connectivity index (χ1) is 12.3. The van der Waals surface area contributed by atoms with Gasteiger partial charge in [-0.3, -0.25) is 4.79 Å². The number of hydrogen-bond donors (Lipinski definition) is 1. The molecule has 0 radical (unpaired) electrons. The lowest BCUT2D eigenvalue weighted by Crippen LogP contribution is -2.09. The fourth-order valence-electron chi connectivity index (χ4n) is 3.24. The summed E-state index contributed by atoms with van der Waals surface area (Å²) in [6, 6.07) is 5.41. The first-order valence-electron chi connectivity index (χ1n) is 7.53. The Labute approximate surface area is 156 Å². The van der Waals surface area contributed by atoms with Crippen molar-refractivity contribution in [3.05, 3.63) is 58.3 Å². The Morgan fingerprint density at radius 1 is 1.35 bits per heavy atom. The molecule has 4 rings (SSSR count). The zero-order valence-electron chi connectivity index (χ0n) is 12.9. The lowest BCUT2D eigenvalue weighted by molar-refractivity contribution is -0.0505. The lowest BCUT2D eigenvalue weighted by atomic mass is 9.95. The van der Waals surface area contributed by atoms with Crippen LogP contribution in [0.4, 0.5) is 13.2 Å². The van der Waals surface area contributed by atoms with Gasteiger partial charge >= 0.3 is 6.61 Å². The fraction of sp³-hybridized carbons (Fsp3) is 0.176. The molecule has 2 heterocycles. The van der Waals surface area contributed by atoms with E-state index in [0.29, 0.717) is 16.3 Å². The van der Waals surface area contributed by atoms with Crippen molar-refractivity contribution in [2.45, 2.75) is 23.8 Å². The second kappa shape index (κ2) is 6.21. The molecule has 0 saturated heterocycles. The Bertz CT molecular complexity index is 1050. The topological polar surface area (TPSA) is 43.6 Å². The SMILES string of the molecule is O=C1C[C@H](c2cc(Cl)ccc2OC(F)F)c2c1nc1cc(F)c(S)cn21. The van der Waals surface area contributed by atoms with Crippen molar-refractivity contribution in [3.63, 3.8) is 0 Å². The molecule has 0 fully saturated rings. The highest BCUT2D eigenvalue weighted by Crippen LogP contribution is 2.43. The van der Waals surface area contributed by atoms with Crippen LogP contribution in [0.5, 0.6) is 5.75 Å². The van der Waals surface area contributed by atoms with Gasteiger partial charge in [0.25, 0.3) is 0 Å². The Kier molecular flexibility index (Phi) is 4.11. The summed E-state index contributed by atoms with van der Waals surface area (Å²) in [4.78, 5) is 16.7. The molecule has 2 aromatic heterocycles. The van der Waals surface area contributed by atoms with Crippen LogP contribution in [-0.4, -0.2) is 21.8 Å². The molecule has 1 aliphatic carbocycles. The number of fused-ring (bicyclic) bond motifs is 3. The second-order valence-corrected chi connectivity index (χ2v) is 6.74. The summed E-state index contributed by atoms with van der Waals surface area (Å²) in [7, 11) is 0. The minimum atomic E-state index is -3.02. The largest absolute Gasteiger partial charge is 0.435 e. The molecule has 0 aliphatic heterocycles. The van der Waals surface area contributed by atoms with Gasteiger partial charge in [0.05, 0.1) is 10.6 Å². The van der Waals surface area contributed by atoms with Crippen molar-refractivity contribution in [3.8, 4) is 5.75 Å². The first-order valence-corrected chi connectivity index (χ1v) is 8.35. The number of alkyl halides is 2. The number of pyridine rings is 1. The molecule has 0 spiro atoms. The molecule has 1 atom stereocenters. The van der Waals surface area contributed by atoms with E-state index in [9.17, 15) is 18.0 Å². The average molecular weight is 399 g/mol. The number of ketones is 1. The van der Waals surface area contributed by atoms with Crippen molar-refractivity contribution in [1.82, 2.24) is 9.38 Å². The molecule has 3 aromatic rings. The number of rotatable bonds is 3. The van der Waals surface area contributed by atoms with Gasteiger partial charge in [0.15, 0.2) is 5.78 Å². The Morgan fingerprint density at radius 2 is 2.12 bits per heavy atom. The van der Waals surface area contributed by atoms with Crippen molar-refractivity contribution in [1.29, 1.82) is 0 Å². The summed E-state index contributed by atoms with van der Waals surface area (Å²) < 4.78 is 45.4. The second-order valence-electron chi connectivity index (χ2n) is 5.82. The predicted octanol–water partition coefficient (Wildman–Crippen LogP) is 4.74. The van der Waals surface area contributed by atoms with Crippen LogP contribution in [0.3, 0.4) is 0 Å². The van der Waals surface area contributed by atoms with Gasteiger partial charge in [-0.1, -0.05) is 11.6 Å². The van der Waals surface area contributed by atoms with Gasteiger partial charge in [-0.2, -0.15) is 8.78 Å². The Morgan fingerprint density at radius 3 is 2.85 bits per heavy atom. The van der Waals surface area contributed by atoms with E-state index in [1.165, 1.54) is 30.5 Å². The number of carbonyl (C=O) groups is 1. The fourth-order valence-corrected chi connectivity index (χ4v) is 3.60. The van der Waals surface area contributed by atoms with Crippen LogP contribution in [0.2, 0.25) is 5.02 Å². The number of ether oxygens (including phenoxy) is 1. The number of nitrogens with zero attached hydrogens (tertiary/aromatic N) is 2. The van der Waals surface area contributed by atoms with Gasteiger partial charge in [0.2, 0.25) is 0 Å². The smallest absolute Gasteiger partial charge is 0.387 e. The number of hydrogen-bond acceptors (Lipinski definition) is 4. The lowest BCUT2D eigenvalue weighted by Gasteiger charge is -2.17. The summed E-state index contributed by atoms with van der Waals surface area (Å²) in [6.45, 7) is -3.02. The number of benzene rings is 1. The van der Waals surface area contributed by atoms with Crippen molar-refractivity contribution in [2.24, 2.45) is 0 Å². The number of Topliss-reactive ketones (excluding diaryl/α,β-unsaturated/α-hetero) is 1. The highest BCUT2D eigenvalue weighted by Gasteiger charge is 2.37. The molecular weight excluding hydrogens is 389 g/mol. The molecule has 0 unspecified atom stereocenters. The third-order valence-corrected chi connectivity index (χ3v) is 4.84. The molecule has 9 heteroatoms. The summed E-state index contributed by atoms with van der Waals surface area (Å²) >= 11 is 10.1. The van der Waals surface area contributed by atoms with E-state index in [1.807, 2.05) is 0 Å². The van der Waals surface area contributed by atoms with Crippen LogP contribution in [0.15, 0.2) is 35.4 Å². The molecule has 4 nitrogen and oxygen atoms in total. The summed E-state index contributed by atoms with van der Waals surface area (Å²) in [6.07, 6.45) is 1.43. The number of halogens is 4. The van der Waals surface area contributed by atoms with Crippen LogP contribution in [0.1, 0.15) is 34.1 Å². The quantitative estimate of drug-likeness (QED) is 0.648.